The molecular formula is C43H75N7O15. The van der Waals surface area contributed by atoms with Crippen molar-refractivity contribution in [3.05, 3.63) is 29.6 Å². The van der Waals surface area contributed by atoms with Crippen molar-refractivity contribution in [2.45, 2.75) is 46.1 Å². The van der Waals surface area contributed by atoms with Gasteiger partial charge in [0.15, 0.2) is 0 Å². The van der Waals surface area contributed by atoms with E-state index in [2.05, 4.69) is 25.9 Å². The van der Waals surface area contributed by atoms with E-state index in [-0.39, 0.29) is 31.5 Å². The Balaban J connectivity index is 1.25. The normalized spacial score (nSPS) is 12.5. The summed E-state index contributed by atoms with van der Waals surface area (Å²) in [5, 5.41) is 9.34. The number of amidine groups is 1. The van der Waals surface area contributed by atoms with Gasteiger partial charge in [-0.3, -0.25) is 14.6 Å². The Morgan fingerprint density at radius 3 is 1.48 bits per heavy atom. The number of ether oxygens (including phenoxy) is 11. The molecule has 0 aliphatic carbocycles. The Kier molecular flexibility index (Phi) is 33.4. The first-order valence-electron chi connectivity index (χ1n) is 22.3. The first-order chi connectivity index (χ1) is 31.6. The van der Waals surface area contributed by atoms with Gasteiger partial charge in [-0.05, 0) is 39.3 Å². The molecule has 65 heavy (non-hydrogen) atoms. The van der Waals surface area contributed by atoms with Gasteiger partial charge in [0.25, 0.3) is 5.91 Å². The summed E-state index contributed by atoms with van der Waals surface area (Å²) in [6.07, 6.45) is 5.39. The number of fused-ring (bicyclic) bond motifs is 1. The highest BCUT2D eigenvalue weighted by Crippen LogP contribution is 2.26. The van der Waals surface area contributed by atoms with Crippen molar-refractivity contribution in [1.82, 2.24) is 26.0 Å². The number of carbonyl (C=O) groups is 3. The number of urea groups is 1. The number of aromatic nitrogens is 1. The highest BCUT2D eigenvalue weighted by atomic mass is 16.7. The molecule has 1 aromatic heterocycles. The van der Waals surface area contributed by atoms with Crippen LogP contribution >= 0.6 is 0 Å². The van der Waals surface area contributed by atoms with E-state index in [1.54, 1.807) is 24.5 Å². The van der Waals surface area contributed by atoms with E-state index in [4.69, 9.17) is 62.7 Å². The summed E-state index contributed by atoms with van der Waals surface area (Å²) in [6, 6.07) is 1.40. The number of aliphatic imine (C=N–C) groups is 1. The summed E-state index contributed by atoms with van der Waals surface area (Å²) in [4.78, 5) is 51.1. The zero-order valence-electron chi connectivity index (χ0n) is 38.9. The van der Waals surface area contributed by atoms with Crippen LogP contribution in [-0.2, 0) is 61.7 Å². The fourth-order valence-electron chi connectivity index (χ4n) is 5.21. The second kappa shape index (κ2) is 38.1. The van der Waals surface area contributed by atoms with E-state index < -0.39 is 11.7 Å². The zero-order chi connectivity index (χ0) is 47.1. The lowest BCUT2D eigenvalue weighted by molar-refractivity contribution is -0.181. The number of nitrogens with one attached hydrogen (secondary N) is 3. The van der Waals surface area contributed by atoms with Crippen LogP contribution in [0.4, 0.5) is 15.3 Å². The van der Waals surface area contributed by atoms with Gasteiger partial charge < -0.3 is 73.8 Å². The Morgan fingerprint density at radius 1 is 0.631 bits per heavy atom. The summed E-state index contributed by atoms with van der Waals surface area (Å²) in [7, 11) is 0. The van der Waals surface area contributed by atoms with Gasteiger partial charge in [-0.1, -0.05) is 6.92 Å². The Hall–Kier alpha value is -4.07. The molecular weight excluding hydrogens is 855 g/mol. The number of hydrogen-bond acceptors (Lipinski definition) is 18. The maximum absolute atomic E-state index is 13.3. The average Bonchev–Trinajstić information content (AvgIpc) is 3.44. The monoisotopic (exact) mass is 930 g/mol. The molecule has 0 saturated carbocycles. The predicted molar refractivity (Wildman–Crippen MR) is 240 cm³/mol. The predicted octanol–water partition coefficient (Wildman–Crippen LogP) is 2.02. The molecule has 0 atom stereocenters. The maximum Gasteiger partial charge on any atom is 0.407 e. The van der Waals surface area contributed by atoms with E-state index in [9.17, 15) is 14.4 Å². The molecule has 22 heteroatoms. The Labute approximate surface area is 383 Å². The van der Waals surface area contributed by atoms with Crippen molar-refractivity contribution in [2.24, 2.45) is 10.7 Å². The van der Waals surface area contributed by atoms with E-state index in [0.717, 1.165) is 5.56 Å². The third-order valence-electron chi connectivity index (χ3n) is 8.16. The van der Waals surface area contributed by atoms with Crippen molar-refractivity contribution in [3.63, 3.8) is 0 Å². The molecule has 1 aliphatic heterocycles. The van der Waals surface area contributed by atoms with Crippen LogP contribution in [0.2, 0.25) is 0 Å². The van der Waals surface area contributed by atoms with Gasteiger partial charge in [-0.15, -0.1) is 0 Å². The number of amides is 4. The molecule has 0 radical (unpaired) electrons. The maximum atomic E-state index is 13.3. The summed E-state index contributed by atoms with van der Waals surface area (Å²) in [5.74, 6) is 0.00655. The first-order valence-corrected chi connectivity index (χ1v) is 22.3. The van der Waals surface area contributed by atoms with Gasteiger partial charge in [-0.2, -0.15) is 0 Å². The fraction of sp³-hybridized carbons (Fsp3) is 0.744. The SMILES string of the molecule is CCCN(OCCNC(=O)NCCOCCOCCOCCOCCOCCOCCOCCOCCOCCOCCNC(=O)OC(C)(C)C)C(=O)C1=Cc2ccncc2N=C(N)C1. The van der Waals surface area contributed by atoms with Gasteiger partial charge in [0.1, 0.15) is 11.4 Å². The summed E-state index contributed by atoms with van der Waals surface area (Å²) in [5.41, 5.74) is 7.33. The van der Waals surface area contributed by atoms with E-state index in [1.165, 1.54) is 5.06 Å². The van der Waals surface area contributed by atoms with Gasteiger partial charge in [0.05, 0.1) is 151 Å². The lowest BCUT2D eigenvalue weighted by atomic mass is 10.1. The highest BCUT2D eigenvalue weighted by Gasteiger charge is 2.22. The molecule has 5 N–H and O–H groups in total. The standard InChI is InChI=1S/C43H75N7O15/c1-5-11-50(40(51)37-33-36-6-7-45-35-38(36)49-39(44)34-37)64-14-10-47-41(52)46-8-12-54-15-17-56-19-21-58-23-25-60-27-29-62-31-32-63-30-28-61-26-24-59-22-20-57-18-16-55-13-9-48-42(53)65-43(2,3)4/h6-7,33,35H,5,8-32,34H2,1-4H3,(H2,44,49)(H,48,53)(H2,46,47,52). The van der Waals surface area contributed by atoms with Gasteiger partial charge in [-0.25, -0.2) is 19.6 Å². The molecule has 2 rings (SSSR count). The molecule has 22 nitrogen and oxygen atoms in total. The van der Waals surface area contributed by atoms with Crippen LogP contribution in [0.3, 0.4) is 0 Å². The molecule has 1 aromatic rings. The third-order valence-corrected chi connectivity index (χ3v) is 8.16. The molecule has 0 saturated heterocycles. The molecule has 372 valence electrons. The van der Waals surface area contributed by atoms with E-state index >= 15 is 0 Å². The number of carbonyl (C=O) groups excluding carboxylic acids is 3. The number of rotatable bonds is 40. The molecule has 0 fully saturated rings. The topological polar surface area (TPSA) is 253 Å². The molecule has 4 amide bonds. The Bertz CT molecular complexity index is 1470. The molecule has 0 bridgehead atoms. The van der Waals surface area contributed by atoms with Crippen molar-refractivity contribution >= 4 is 35.6 Å². The highest BCUT2D eigenvalue weighted by molar-refractivity contribution is 6.05. The lowest BCUT2D eigenvalue weighted by Gasteiger charge is -2.22. The molecule has 1 aliphatic rings. The minimum Gasteiger partial charge on any atom is -0.444 e. The third kappa shape index (κ3) is 32.3. The van der Waals surface area contributed by atoms with Gasteiger partial charge >= 0.3 is 12.1 Å². The van der Waals surface area contributed by atoms with Crippen LogP contribution < -0.4 is 21.7 Å². The molecule has 2 heterocycles. The summed E-state index contributed by atoms with van der Waals surface area (Å²) >= 11 is 0. The first kappa shape index (κ1) is 57.1. The van der Waals surface area contributed by atoms with Crippen molar-refractivity contribution in [2.75, 3.05) is 165 Å². The quantitative estimate of drug-likeness (QED) is 0.0543. The van der Waals surface area contributed by atoms with Crippen LogP contribution in [0, 0.1) is 0 Å². The van der Waals surface area contributed by atoms with Crippen LogP contribution in [-0.4, -0.2) is 204 Å². The molecule has 0 aromatic carbocycles. The number of hydroxylamine groups is 2. The zero-order valence-corrected chi connectivity index (χ0v) is 38.9. The van der Waals surface area contributed by atoms with Crippen molar-refractivity contribution in [1.29, 1.82) is 0 Å². The summed E-state index contributed by atoms with van der Waals surface area (Å²) in [6.45, 7) is 17.5. The van der Waals surface area contributed by atoms with Crippen molar-refractivity contribution < 1.29 is 71.3 Å². The number of nitrogens with zero attached hydrogens (tertiary/aromatic N) is 3. The van der Waals surface area contributed by atoms with Crippen molar-refractivity contribution in [3.8, 4) is 0 Å². The average molecular weight is 930 g/mol. The second-order valence-electron chi connectivity index (χ2n) is 14.9. The van der Waals surface area contributed by atoms with Crippen LogP contribution in [0.1, 0.15) is 46.1 Å². The van der Waals surface area contributed by atoms with Gasteiger partial charge in [0, 0.05) is 49.9 Å². The fourth-order valence-corrected chi connectivity index (χ4v) is 5.21. The smallest absolute Gasteiger partial charge is 0.407 e. The lowest BCUT2D eigenvalue weighted by Crippen LogP contribution is -2.41. The second-order valence-corrected chi connectivity index (χ2v) is 14.9. The Morgan fingerprint density at radius 2 is 1.05 bits per heavy atom. The van der Waals surface area contributed by atoms with E-state index in [0.29, 0.717) is 175 Å². The minimum atomic E-state index is -0.523. The molecule has 0 spiro atoms. The van der Waals surface area contributed by atoms with Crippen LogP contribution in [0.25, 0.3) is 6.08 Å². The van der Waals surface area contributed by atoms with E-state index in [1.807, 2.05) is 27.7 Å². The number of pyridine rings is 1. The largest absolute Gasteiger partial charge is 0.444 e. The minimum absolute atomic E-state index is 0.102. The number of alkyl carbamates (subject to hydrolysis) is 1. The van der Waals surface area contributed by atoms with Gasteiger partial charge in [0.2, 0.25) is 0 Å². The van der Waals surface area contributed by atoms with Crippen LogP contribution in [0.5, 0.6) is 0 Å². The number of hydrogen-bond donors (Lipinski definition) is 4. The van der Waals surface area contributed by atoms with Crippen LogP contribution in [0.15, 0.2) is 29.0 Å². The molecule has 0 unspecified atom stereocenters. The summed E-state index contributed by atoms with van der Waals surface area (Å²) < 4.78 is 59.9. The number of nitrogens with two attached hydrogens (primary N) is 1.